The van der Waals surface area contributed by atoms with E-state index >= 15 is 0 Å². The minimum absolute atomic E-state index is 0. The van der Waals surface area contributed by atoms with Gasteiger partial charge in [0.05, 0.1) is 0 Å². The van der Waals surface area contributed by atoms with Crippen LogP contribution in [0.3, 0.4) is 0 Å². The van der Waals surface area contributed by atoms with Gasteiger partial charge in [-0.2, -0.15) is 0 Å². The fourth-order valence-electron chi connectivity index (χ4n) is 1.75. The molecule has 1 heterocycles. The molecule has 76 valence electrons. The first-order valence-electron chi connectivity index (χ1n) is 4.43. The van der Waals surface area contributed by atoms with Crippen LogP contribution in [-0.2, 0) is 0 Å². The van der Waals surface area contributed by atoms with Crippen molar-refractivity contribution in [1.29, 1.82) is 0 Å². The van der Waals surface area contributed by atoms with E-state index in [2.05, 4.69) is 0 Å². The van der Waals surface area contributed by atoms with E-state index in [1.165, 1.54) is 0 Å². The molecule has 1 atom stereocenters. The van der Waals surface area contributed by atoms with Gasteiger partial charge in [0.2, 0.25) is 0 Å². The van der Waals surface area contributed by atoms with Crippen molar-refractivity contribution in [3.63, 3.8) is 0 Å². The average Bonchev–Trinajstić information content (AvgIpc) is 2.39. The number of nitrogens with two attached hydrogens (primary N) is 1. The zero-order chi connectivity index (χ0) is 9.42. The summed E-state index contributed by atoms with van der Waals surface area (Å²) in [5, 5.41) is 1.13. The largest absolute Gasteiger partial charge is 0.461 e. The highest BCUT2D eigenvalue weighted by Crippen LogP contribution is 2.28. The average molecular weight is 212 g/mol. The Labute approximate surface area is 89.5 Å². The standard InChI is InChI=1S/C11H13NO.ClH/c1-7(12)11-8(2)13-10-6-4-3-5-9(10)11;/h3-7H,12H2,1-2H3;1H/t7-;/m0./s1. The van der Waals surface area contributed by atoms with E-state index in [-0.39, 0.29) is 18.4 Å². The third-order valence-corrected chi connectivity index (χ3v) is 2.27. The highest BCUT2D eigenvalue weighted by atomic mass is 35.5. The summed E-state index contributed by atoms with van der Waals surface area (Å²) in [6, 6.07) is 8.02. The van der Waals surface area contributed by atoms with Gasteiger partial charge in [-0.3, -0.25) is 0 Å². The molecule has 0 radical (unpaired) electrons. The van der Waals surface area contributed by atoms with Gasteiger partial charge in [0.15, 0.2) is 0 Å². The first-order chi connectivity index (χ1) is 6.20. The molecular weight excluding hydrogens is 198 g/mol. The van der Waals surface area contributed by atoms with Gasteiger partial charge in [-0.25, -0.2) is 0 Å². The number of benzene rings is 1. The minimum Gasteiger partial charge on any atom is -0.461 e. The minimum atomic E-state index is 0. The molecule has 0 fully saturated rings. The number of fused-ring (bicyclic) bond motifs is 1. The molecule has 0 saturated heterocycles. The van der Waals surface area contributed by atoms with E-state index < -0.39 is 0 Å². The molecule has 14 heavy (non-hydrogen) atoms. The summed E-state index contributed by atoms with van der Waals surface area (Å²) in [6.45, 7) is 3.93. The van der Waals surface area contributed by atoms with Crippen LogP contribution in [-0.4, -0.2) is 0 Å². The Morgan fingerprint density at radius 3 is 2.57 bits per heavy atom. The van der Waals surface area contributed by atoms with Crippen molar-refractivity contribution in [2.75, 3.05) is 0 Å². The number of rotatable bonds is 1. The van der Waals surface area contributed by atoms with Crippen LogP contribution in [0.15, 0.2) is 28.7 Å². The number of hydrogen-bond acceptors (Lipinski definition) is 2. The molecule has 1 aromatic carbocycles. The molecule has 1 aromatic heterocycles. The van der Waals surface area contributed by atoms with Gasteiger partial charge in [-0.05, 0) is 19.9 Å². The highest BCUT2D eigenvalue weighted by Gasteiger charge is 2.12. The maximum atomic E-state index is 5.87. The zero-order valence-corrected chi connectivity index (χ0v) is 9.10. The maximum Gasteiger partial charge on any atom is 0.134 e. The summed E-state index contributed by atoms with van der Waals surface area (Å²) in [5.74, 6) is 0.927. The van der Waals surface area contributed by atoms with Crippen molar-refractivity contribution in [3.05, 3.63) is 35.6 Å². The summed E-state index contributed by atoms with van der Waals surface area (Å²) in [6.07, 6.45) is 0. The third kappa shape index (κ3) is 1.63. The first-order valence-corrected chi connectivity index (χ1v) is 4.43. The smallest absolute Gasteiger partial charge is 0.134 e. The third-order valence-electron chi connectivity index (χ3n) is 2.27. The van der Waals surface area contributed by atoms with Crippen molar-refractivity contribution in [1.82, 2.24) is 0 Å². The maximum absolute atomic E-state index is 5.87. The molecule has 2 N–H and O–H groups in total. The van der Waals surface area contributed by atoms with Gasteiger partial charge >= 0.3 is 0 Å². The van der Waals surface area contributed by atoms with E-state index in [0.29, 0.717) is 0 Å². The van der Waals surface area contributed by atoms with E-state index in [4.69, 9.17) is 10.2 Å². The van der Waals surface area contributed by atoms with Crippen LogP contribution in [0.25, 0.3) is 11.0 Å². The Balaban J connectivity index is 0.000000980. The second-order valence-corrected chi connectivity index (χ2v) is 3.36. The molecule has 0 saturated carbocycles. The quantitative estimate of drug-likeness (QED) is 0.787. The number of para-hydroxylation sites is 1. The van der Waals surface area contributed by atoms with Gasteiger partial charge in [0.25, 0.3) is 0 Å². The van der Waals surface area contributed by atoms with Gasteiger partial charge < -0.3 is 10.2 Å². The molecule has 0 bridgehead atoms. The molecule has 2 rings (SSSR count). The summed E-state index contributed by atoms with van der Waals surface area (Å²) < 4.78 is 5.58. The molecule has 2 aromatic rings. The fourth-order valence-corrected chi connectivity index (χ4v) is 1.75. The van der Waals surface area contributed by atoms with Crippen LogP contribution < -0.4 is 5.73 Å². The Hall–Kier alpha value is -0.990. The molecule has 0 aliphatic heterocycles. The SMILES string of the molecule is Cc1oc2ccccc2c1[C@H](C)N.Cl. The van der Waals surface area contributed by atoms with E-state index in [0.717, 1.165) is 22.3 Å². The number of hydrogen-bond donors (Lipinski definition) is 1. The molecule has 0 unspecified atom stereocenters. The topological polar surface area (TPSA) is 39.2 Å². The zero-order valence-electron chi connectivity index (χ0n) is 8.28. The summed E-state index contributed by atoms with van der Waals surface area (Å²) in [7, 11) is 0. The highest BCUT2D eigenvalue weighted by molar-refractivity contribution is 5.85. The first kappa shape index (κ1) is 11.1. The van der Waals surface area contributed by atoms with Gasteiger partial charge in [-0.1, -0.05) is 18.2 Å². The fraction of sp³-hybridized carbons (Fsp3) is 0.273. The van der Waals surface area contributed by atoms with Crippen LogP contribution in [0.1, 0.15) is 24.3 Å². The normalized spacial score (nSPS) is 12.5. The van der Waals surface area contributed by atoms with Gasteiger partial charge in [0, 0.05) is 17.0 Å². The second-order valence-electron chi connectivity index (χ2n) is 3.36. The Kier molecular flexibility index (Phi) is 3.19. The molecule has 0 aliphatic carbocycles. The van der Waals surface area contributed by atoms with Crippen molar-refractivity contribution in [2.24, 2.45) is 5.73 Å². The Bertz CT molecular complexity index is 434. The number of aryl methyl sites for hydroxylation is 1. The molecule has 0 aliphatic rings. The lowest BCUT2D eigenvalue weighted by atomic mass is 10.1. The van der Waals surface area contributed by atoms with Crippen LogP contribution in [0.2, 0.25) is 0 Å². The molecule has 0 amide bonds. The molecular formula is C11H14ClNO. The number of furan rings is 1. The summed E-state index contributed by atoms with van der Waals surface area (Å²) >= 11 is 0. The van der Waals surface area contributed by atoms with E-state index in [1.807, 2.05) is 38.1 Å². The van der Waals surface area contributed by atoms with Gasteiger partial charge in [-0.15, -0.1) is 12.4 Å². The Morgan fingerprint density at radius 2 is 1.93 bits per heavy atom. The lowest BCUT2D eigenvalue weighted by molar-refractivity contribution is 0.566. The number of halogens is 1. The summed E-state index contributed by atoms with van der Waals surface area (Å²) in [4.78, 5) is 0. The van der Waals surface area contributed by atoms with Crippen LogP contribution in [0.4, 0.5) is 0 Å². The predicted octanol–water partition coefficient (Wildman–Crippen LogP) is 3.18. The monoisotopic (exact) mass is 211 g/mol. The summed E-state index contributed by atoms with van der Waals surface area (Å²) in [5.41, 5.74) is 7.91. The predicted molar refractivity (Wildman–Crippen MR) is 60.8 cm³/mol. The van der Waals surface area contributed by atoms with Crippen LogP contribution in [0, 0.1) is 6.92 Å². The van der Waals surface area contributed by atoms with Crippen molar-refractivity contribution in [2.45, 2.75) is 19.9 Å². The molecule has 0 spiro atoms. The molecule has 2 nitrogen and oxygen atoms in total. The van der Waals surface area contributed by atoms with Crippen LogP contribution in [0.5, 0.6) is 0 Å². The lowest BCUT2D eigenvalue weighted by Crippen LogP contribution is -2.05. The van der Waals surface area contributed by atoms with Crippen LogP contribution >= 0.6 is 12.4 Å². The second kappa shape index (κ2) is 4.03. The van der Waals surface area contributed by atoms with E-state index in [9.17, 15) is 0 Å². The van der Waals surface area contributed by atoms with Gasteiger partial charge in [0.1, 0.15) is 11.3 Å². The lowest BCUT2D eigenvalue weighted by Gasteiger charge is -2.02. The van der Waals surface area contributed by atoms with Crippen molar-refractivity contribution >= 4 is 23.4 Å². The van der Waals surface area contributed by atoms with E-state index in [1.54, 1.807) is 0 Å². The molecule has 3 heteroatoms. The Morgan fingerprint density at radius 1 is 1.29 bits per heavy atom. The van der Waals surface area contributed by atoms with Crippen molar-refractivity contribution in [3.8, 4) is 0 Å². The van der Waals surface area contributed by atoms with Crippen molar-refractivity contribution < 1.29 is 4.42 Å².